The Hall–Kier alpha value is -3.41. The topological polar surface area (TPSA) is 204 Å². The van der Waals surface area contributed by atoms with Crippen LogP contribution in [-0.2, 0) is 25.6 Å². The van der Waals surface area contributed by atoms with E-state index < -0.39 is 17.7 Å². The number of likely N-dealkylation sites (tertiary alicyclic amines) is 1. The van der Waals surface area contributed by atoms with Gasteiger partial charge >= 0.3 is 0 Å². The van der Waals surface area contributed by atoms with Gasteiger partial charge in [-0.25, -0.2) is 5.01 Å². The molecule has 16 heteroatoms. The summed E-state index contributed by atoms with van der Waals surface area (Å²) in [6.45, 7) is 5.95. The van der Waals surface area contributed by atoms with Crippen molar-refractivity contribution >= 4 is 46.6 Å². The van der Waals surface area contributed by atoms with Crippen LogP contribution in [0.3, 0.4) is 0 Å². The van der Waals surface area contributed by atoms with E-state index in [0.29, 0.717) is 37.7 Å². The Bertz CT molecular complexity index is 1240. The minimum atomic E-state index is -0.565. The molecule has 9 N–H and O–H groups in total. The fourth-order valence-corrected chi connectivity index (χ4v) is 6.33. The maximum atomic E-state index is 13.3. The summed E-state index contributed by atoms with van der Waals surface area (Å²) >= 11 is 5.65. The van der Waals surface area contributed by atoms with Crippen LogP contribution in [0.5, 0.6) is 0 Å². The summed E-state index contributed by atoms with van der Waals surface area (Å²) in [5.41, 5.74) is 24.7. The molecule has 1 aromatic rings. The molecule has 2 bridgehead atoms. The van der Waals surface area contributed by atoms with E-state index in [1.165, 1.54) is 0 Å². The van der Waals surface area contributed by atoms with Gasteiger partial charge in [0.25, 0.3) is 5.91 Å². The van der Waals surface area contributed by atoms with Crippen LogP contribution >= 0.6 is 12.2 Å². The van der Waals surface area contributed by atoms with Crippen molar-refractivity contribution in [3.05, 3.63) is 29.8 Å². The van der Waals surface area contributed by atoms with Gasteiger partial charge in [-0.15, -0.1) is 0 Å². The van der Waals surface area contributed by atoms with Gasteiger partial charge in [-0.05, 0) is 56.1 Å². The molecule has 2 atom stereocenters. The molecule has 4 amide bonds. The van der Waals surface area contributed by atoms with Gasteiger partial charge in [0.2, 0.25) is 17.7 Å². The third kappa shape index (κ3) is 10.3. The summed E-state index contributed by atoms with van der Waals surface area (Å²) in [7, 11) is 0. The van der Waals surface area contributed by atoms with Crippen LogP contribution in [0.15, 0.2) is 24.3 Å². The molecular weight excluding hydrogens is 598 g/mol. The molecule has 0 aliphatic carbocycles. The van der Waals surface area contributed by atoms with E-state index in [4.69, 9.17) is 35.2 Å². The fraction of sp³-hybridized carbons (Fsp3) is 0.621. The van der Waals surface area contributed by atoms with Gasteiger partial charge in [0.1, 0.15) is 0 Å². The van der Waals surface area contributed by atoms with Crippen LogP contribution in [0.1, 0.15) is 25.3 Å². The minimum absolute atomic E-state index is 0.00763. The fourth-order valence-electron chi connectivity index (χ4n) is 6.02. The van der Waals surface area contributed by atoms with Crippen molar-refractivity contribution in [3.63, 3.8) is 0 Å². The van der Waals surface area contributed by atoms with Gasteiger partial charge in [0.15, 0.2) is 5.11 Å². The number of amides is 4. The Morgan fingerprint density at radius 1 is 0.889 bits per heavy atom. The number of nitrogens with one attached hydrogen (secondary N) is 1. The number of carbonyl (C=O) groups excluding carboxylic acids is 4. The Morgan fingerprint density at radius 3 is 2.09 bits per heavy atom. The second-order valence-electron chi connectivity index (χ2n) is 12.6. The van der Waals surface area contributed by atoms with E-state index in [1.54, 1.807) is 10.0 Å². The van der Waals surface area contributed by atoms with E-state index >= 15 is 0 Å². The molecule has 0 aromatic heterocycles. The molecule has 3 saturated heterocycles. The van der Waals surface area contributed by atoms with Crippen LogP contribution in [0.2, 0.25) is 0 Å². The third-order valence-electron chi connectivity index (χ3n) is 8.64. The highest BCUT2D eigenvalue weighted by Gasteiger charge is 2.37. The molecule has 0 radical (unpaired) electrons. The summed E-state index contributed by atoms with van der Waals surface area (Å²) in [5.74, 6) is -1.70. The number of primary amides is 3. The normalized spacial score (nSPS) is 23.6. The Balaban J connectivity index is 1.51. The van der Waals surface area contributed by atoms with E-state index in [2.05, 4.69) is 22.0 Å². The van der Waals surface area contributed by atoms with Crippen LogP contribution in [0, 0.1) is 0 Å². The lowest BCUT2D eigenvalue weighted by Gasteiger charge is -2.38. The van der Waals surface area contributed by atoms with Gasteiger partial charge in [-0.3, -0.25) is 38.9 Å². The van der Waals surface area contributed by atoms with Crippen molar-refractivity contribution in [1.29, 1.82) is 0 Å². The SMILES string of the molecule is CC1(N)CCN(C(=S)Nc2ccc(CC3CN(CC(N)=O)CCN(CC(N)=O)CCN(CC(N)=O)N4CN3CC4=O)cc2)CC1. The van der Waals surface area contributed by atoms with E-state index in [-0.39, 0.29) is 56.9 Å². The zero-order valence-corrected chi connectivity index (χ0v) is 26.8. The number of nitrogens with zero attached hydrogens (tertiary/aromatic N) is 6. The van der Waals surface area contributed by atoms with E-state index in [0.717, 1.165) is 37.2 Å². The maximum absolute atomic E-state index is 13.3. The Kier molecular flexibility index (Phi) is 11.7. The van der Waals surface area contributed by atoms with Gasteiger partial charge in [-0.1, -0.05) is 12.1 Å². The molecule has 3 aliphatic rings. The quantitative estimate of drug-likeness (QED) is 0.177. The van der Waals surface area contributed by atoms with Crippen molar-refractivity contribution in [3.8, 4) is 0 Å². The largest absolute Gasteiger partial charge is 0.369 e. The second-order valence-corrected chi connectivity index (χ2v) is 13.0. The number of piperidine rings is 1. The smallest absolute Gasteiger partial charge is 0.252 e. The van der Waals surface area contributed by atoms with Crippen molar-refractivity contribution in [2.24, 2.45) is 22.9 Å². The number of hydrazine groups is 1. The summed E-state index contributed by atoms with van der Waals surface area (Å²) in [6, 6.07) is 7.84. The number of nitrogens with two attached hydrogens (primary N) is 4. The van der Waals surface area contributed by atoms with E-state index in [9.17, 15) is 19.2 Å². The predicted octanol–water partition coefficient (Wildman–Crippen LogP) is -2.50. The van der Waals surface area contributed by atoms with Crippen molar-refractivity contribution in [2.45, 2.75) is 37.8 Å². The monoisotopic (exact) mass is 645 g/mol. The molecule has 1 aromatic carbocycles. The molecule has 45 heavy (non-hydrogen) atoms. The number of hydrogen-bond acceptors (Lipinski definition) is 10. The van der Waals surface area contributed by atoms with Crippen molar-refractivity contribution in [2.75, 3.05) is 84.0 Å². The molecule has 4 rings (SSSR count). The summed E-state index contributed by atoms with van der Waals surface area (Å²) in [4.78, 5) is 57.0. The van der Waals surface area contributed by atoms with Crippen molar-refractivity contribution in [1.82, 2.24) is 29.6 Å². The number of benzene rings is 1. The van der Waals surface area contributed by atoms with Crippen LogP contribution in [0.25, 0.3) is 0 Å². The first kappa shape index (κ1) is 34.5. The number of hydrogen-bond donors (Lipinski definition) is 5. The number of anilines is 1. The highest BCUT2D eigenvalue weighted by atomic mass is 32.1. The number of carbonyl (C=O) groups is 4. The third-order valence-corrected chi connectivity index (χ3v) is 9.00. The molecule has 2 unspecified atom stereocenters. The first-order valence-corrected chi connectivity index (χ1v) is 15.7. The summed E-state index contributed by atoms with van der Waals surface area (Å²) in [6.07, 6.45) is 2.34. The zero-order valence-electron chi connectivity index (χ0n) is 26.0. The van der Waals surface area contributed by atoms with Gasteiger partial charge < -0.3 is 33.2 Å². The molecule has 3 fully saturated rings. The van der Waals surface area contributed by atoms with Gasteiger partial charge in [0.05, 0.1) is 32.8 Å². The lowest BCUT2D eigenvalue weighted by molar-refractivity contribution is -0.146. The molecular formula is C29H47N11O4S. The van der Waals surface area contributed by atoms with Gasteiger partial charge in [0, 0.05) is 63.1 Å². The number of fused-ring (bicyclic) bond motifs is 2. The van der Waals surface area contributed by atoms with Crippen molar-refractivity contribution < 1.29 is 19.2 Å². The molecule has 248 valence electrons. The minimum Gasteiger partial charge on any atom is -0.369 e. The molecule has 3 aliphatic heterocycles. The average Bonchev–Trinajstić information content (AvgIpc) is 3.34. The van der Waals surface area contributed by atoms with Crippen LogP contribution in [0.4, 0.5) is 5.69 Å². The molecule has 3 heterocycles. The number of rotatable bonds is 9. The molecule has 0 spiro atoms. The first-order chi connectivity index (χ1) is 21.3. The van der Waals surface area contributed by atoms with E-state index in [1.807, 2.05) is 34.1 Å². The Morgan fingerprint density at radius 2 is 1.47 bits per heavy atom. The summed E-state index contributed by atoms with van der Waals surface area (Å²) < 4.78 is 0. The maximum Gasteiger partial charge on any atom is 0.252 e. The van der Waals surface area contributed by atoms with Gasteiger partial charge in [-0.2, -0.15) is 0 Å². The Labute approximate surface area is 269 Å². The number of thiocarbonyl (C=S) groups is 1. The van der Waals surface area contributed by atoms with Crippen LogP contribution < -0.4 is 28.3 Å². The standard InChI is InChI=1S/C29H47N11O4S/c1-29(33)6-8-37(9-7-29)28(45)34-22-4-2-21(3-5-22)14-23-15-36(17-25(31)42)11-10-35(16-24(30)41)12-13-39(18-26(32)43)40-20-38(23)19-27(40)44/h2-5,23H,6-20,33H2,1H3,(H2,30,41)(H2,31,42)(H2,32,43)(H,34,45). The highest BCUT2D eigenvalue weighted by Crippen LogP contribution is 2.22. The average molecular weight is 646 g/mol. The second kappa shape index (κ2) is 15.2. The van der Waals surface area contributed by atoms with Crippen LogP contribution in [-0.4, -0.2) is 149 Å². The highest BCUT2D eigenvalue weighted by molar-refractivity contribution is 7.80. The lowest BCUT2D eigenvalue weighted by Crippen LogP contribution is -2.54. The molecule has 0 saturated carbocycles. The molecule has 15 nitrogen and oxygen atoms in total. The predicted molar refractivity (Wildman–Crippen MR) is 174 cm³/mol. The first-order valence-electron chi connectivity index (χ1n) is 15.3. The zero-order chi connectivity index (χ0) is 32.7. The lowest BCUT2D eigenvalue weighted by atomic mass is 9.91. The summed E-state index contributed by atoms with van der Waals surface area (Å²) in [5, 5.41) is 7.18.